The van der Waals surface area contributed by atoms with Crippen LogP contribution in [0.4, 0.5) is 0 Å². The van der Waals surface area contributed by atoms with Crippen molar-refractivity contribution in [1.29, 1.82) is 0 Å². The zero-order valence-electron chi connectivity index (χ0n) is 20.7. The first kappa shape index (κ1) is 30.3. The van der Waals surface area contributed by atoms with Crippen molar-refractivity contribution < 1.29 is 14.7 Å². The SMILES string of the molecule is CCCCC/C=C/CC(=O)NCCCN(CCO)CCCNC(=O)C/C=C/CCCCC. The number of hydrogen-bond acceptors (Lipinski definition) is 4. The maximum Gasteiger partial charge on any atom is 0.223 e. The van der Waals surface area contributed by atoms with Gasteiger partial charge in [0.15, 0.2) is 0 Å². The molecule has 0 aromatic rings. The van der Waals surface area contributed by atoms with Crippen LogP contribution in [0.15, 0.2) is 24.3 Å². The quantitative estimate of drug-likeness (QED) is 0.169. The normalized spacial score (nSPS) is 11.6. The number of hydrogen-bond donors (Lipinski definition) is 3. The minimum absolute atomic E-state index is 0.0626. The highest BCUT2D eigenvalue weighted by Crippen LogP contribution is 2.01. The Balaban J connectivity index is 3.80. The van der Waals surface area contributed by atoms with Gasteiger partial charge >= 0.3 is 0 Å². The summed E-state index contributed by atoms with van der Waals surface area (Å²) in [5.74, 6) is 0.125. The summed E-state index contributed by atoms with van der Waals surface area (Å²) in [5, 5.41) is 15.2. The van der Waals surface area contributed by atoms with Crippen LogP contribution >= 0.6 is 0 Å². The molecule has 0 spiro atoms. The molecule has 0 aliphatic carbocycles. The van der Waals surface area contributed by atoms with E-state index >= 15 is 0 Å². The van der Waals surface area contributed by atoms with E-state index in [0.29, 0.717) is 32.5 Å². The number of amides is 2. The third kappa shape index (κ3) is 21.6. The van der Waals surface area contributed by atoms with Crippen molar-refractivity contribution in [3.63, 3.8) is 0 Å². The van der Waals surface area contributed by atoms with Gasteiger partial charge in [0.1, 0.15) is 0 Å². The van der Waals surface area contributed by atoms with E-state index in [-0.39, 0.29) is 18.4 Å². The van der Waals surface area contributed by atoms with E-state index in [2.05, 4.69) is 41.5 Å². The molecule has 0 atom stereocenters. The first-order valence-electron chi connectivity index (χ1n) is 12.8. The number of aliphatic hydroxyl groups is 1. The Hall–Kier alpha value is -1.66. The summed E-state index contributed by atoms with van der Waals surface area (Å²) in [5.41, 5.74) is 0. The lowest BCUT2D eigenvalue weighted by atomic mass is 10.2. The zero-order valence-corrected chi connectivity index (χ0v) is 20.7. The van der Waals surface area contributed by atoms with Crippen molar-refractivity contribution in [1.82, 2.24) is 15.5 Å². The Morgan fingerprint density at radius 1 is 0.688 bits per heavy atom. The minimum Gasteiger partial charge on any atom is -0.395 e. The molecule has 6 heteroatoms. The molecule has 0 rings (SSSR count). The second kappa shape index (κ2) is 24.0. The summed E-state index contributed by atoms with van der Waals surface area (Å²) in [7, 11) is 0. The molecular weight excluding hydrogens is 402 g/mol. The molecule has 32 heavy (non-hydrogen) atoms. The molecular formula is C26H49N3O3. The number of carbonyl (C=O) groups excluding carboxylic acids is 2. The van der Waals surface area contributed by atoms with Crippen LogP contribution in [-0.4, -0.2) is 61.2 Å². The molecule has 0 fully saturated rings. The molecule has 0 saturated heterocycles. The van der Waals surface area contributed by atoms with Gasteiger partial charge in [0.05, 0.1) is 6.61 Å². The first-order chi connectivity index (χ1) is 15.6. The van der Waals surface area contributed by atoms with Gasteiger partial charge in [-0.3, -0.25) is 9.59 Å². The molecule has 0 bridgehead atoms. The van der Waals surface area contributed by atoms with E-state index in [1.807, 2.05) is 12.2 Å². The van der Waals surface area contributed by atoms with Crippen molar-refractivity contribution in [2.24, 2.45) is 0 Å². The molecule has 2 amide bonds. The van der Waals surface area contributed by atoms with Crippen LogP contribution in [0.1, 0.15) is 90.9 Å². The van der Waals surface area contributed by atoms with Gasteiger partial charge in [0.2, 0.25) is 11.8 Å². The zero-order chi connectivity index (χ0) is 23.7. The van der Waals surface area contributed by atoms with Gasteiger partial charge in [-0.05, 0) is 51.6 Å². The fourth-order valence-corrected chi connectivity index (χ4v) is 3.32. The third-order valence-corrected chi connectivity index (χ3v) is 5.25. The van der Waals surface area contributed by atoms with Gasteiger partial charge in [-0.15, -0.1) is 0 Å². The topological polar surface area (TPSA) is 81.7 Å². The van der Waals surface area contributed by atoms with Gasteiger partial charge in [0, 0.05) is 32.5 Å². The Morgan fingerprint density at radius 3 is 1.56 bits per heavy atom. The van der Waals surface area contributed by atoms with Crippen LogP contribution in [0.25, 0.3) is 0 Å². The molecule has 186 valence electrons. The van der Waals surface area contributed by atoms with E-state index in [4.69, 9.17) is 0 Å². The maximum atomic E-state index is 11.9. The fraction of sp³-hybridized carbons (Fsp3) is 0.769. The summed E-state index contributed by atoms with van der Waals surface area (Å²) in [6, 6.07) is 0. The second-order valence-electron chi connectivity index (χ2n) is 8.31. The number of nitrogens with one attached hydrogen (secondary N) is 2. The maximum absolute atomic E-state index is 11.9. The Labute approximate surface area is 196 Å². The molecule has 0 unspecified atom stereocenters. The predicted octanol–water partition coefficient (Wildman–Crippen LogP) is 4.35. The summed E-state index contributed by atoms with van der Waals surface area (Å²) >= 11 is 0. The van der Waals surface area contributed by atoms with Crippen LogP contribution in [0.5, 0.6) is 0 Å². The molecule has 0 aromatic carbocycles. The summed E-state index contributed by atoms with van der Waals surface area (Å²) < 4.78 is 0. The Morgan fingerprint density at radius 2 is 1.16 bits per heavy atom. The molecule has 0 aliphatic rings. The molecule has 0 aliphatic heterocycles. The monoisotopic (exact) mass is 451 g/mol. The van der Waals surface area contributed by atoms with Crippen molar-refractivity contribution in [3.05, 3.63) is 24.3 Å². The molecule has 0 saturated carbocycles. The van der Waals surface area contributed by atoms with Gasteiger partial charge in [-0.25, -0.2) is 0 Å². The average molecular weight is 452 g/mol. The van der Waals surface area contributed by atoms with Crippen molar-refractivity contribution in [3.8, 4) is 0 Å². The highest BCUT2D eigenvalue weighted by Gasteiger charge is 2.05. The molecule has 0 radical (unpaired) electrons. The van der Waals surface area contributed by atoms with Crippen LogP contribution in [0.3, 0.4) is 0 Å². The van der Waals surface area contributed by atoms with E-state index in [9.17, 15) is 14.7 Å². The first-order valence-corrected chi connectivity index (χ1v) is 12.8. The third-order valence-electron chi connectivity index (χ3n) is 5.25. The molecule has 3 N–H and O–H groups in total. The number of rotatable bonds is 22. The lowest BCUT2D eigenvalue weighted by Gasteiger charge is -2.21. The smallest absolute Gasteiger partial charge is 0.223 e. The van der Waals surface area contributed by atoms with Crippen LogP contribution in [0.2, 0.25) is 0 Å². The number of allylic oxidation sites excluding steroid dienone is 2. The summed E-state index contributed by atoms with van der Waals surface area (Å²) in [6.45, 7) is 8.04. The van der Waals surface area contributed by atoms with Crippen molar-refractivity contribution in [2.75, 3.05) is 39.3 Å². The van der Waals surface area contributed by atoms with Gasteiger partial charge in [0.25, 0.3) is 0 Å². The fourth-order valence-electron chi connectivity index (χ4n) is 3.32. The predicted molar refractivity (Wildman–Crippen MR) is 135 cm³/mol. The summed E-state index contributed by atoms with van der Waals surface area (Å²) in [6.07, 6.45) is 20.1. The highest BCUT2D eigenvalue weighted by atomic mass is 16.3. The number of nitrogens with zero attached hydrogens (tertiary/aromatic N) is 1. The average Bonchev–Trinajstić information content (AvgIpc) is 2.78. The molecule has 0 heterocycles. The largest absolute Gasteiger partial charge is 0.395 e. The van der Waals surface area contributed by atoms with E-state index < -0.39 is 0 Å². The lowest BCUT2D eigenvalue weighted by Crippen LogP contribution is -2.34. The van der Waals surface area contributed by atoms with Crippen LogP contribution in [-0.2, 0) is 9.59 Å². The van der Waals surface area contributed by atoms with Crippen molar-refractivity contribution >= 4 is 11.8 Å². The Kier molecular flexibility index (Phi) is 22.7. The van der Waals surface area contributed by atoms with Gasteiger partial charge < -0.3 is 20.6 Å². The van der Waals surface area contributed by atoms with Crippen LogP contribution in [0, 0.1) is 0 Å². The van der Waals surface area contributed by atoms with Crippen molar-refractivity contribution in [2.45, 2.75) is 90.9 Å². The Bertz CT molecular complexity index is 465. The van der Waals surface area contributed by atoms with E-state index in [0.717, 1.165) is 38.8 Å². The van der Waals surface area contributed by atoms with Crippen LogP contribution < -0.4 is 10.6 Å². The standard InChI is InChI=1S/C26H49N3O3/c1-3-5-7-9-11-13-17-25(31)27-19-15-21-29(23-24-30)22-16-20-28-26(32)18-14-12-10-8-6-4-2/h11-14,30H,3-10,15-24H2,1-2H3,(H,27,31)(H,28,32)/b13-11+,14-12+. The minimum atomic E-state index is 0.0626. The molecule has 0 aromatic heterocycles. The highest BCUT2D eigenvalue weighted by molar-refractivity contribution is 5.77. The molecule has 6 nitrogen and oxygen atoms in total. The van der Waals surface area contributed by atoms with E-state index in [1.54, 1.807) is 0 Å². The number of aliphatic hydroxyl groups excluding tert-OH is 1. The van der Waals surface area contributed by atoms with E-state index in [1.165, 1.54) is 38.5 Å². The number of unbranched alkanes of at least 4 members (excludes halogenated alkanes) is 6. The second-order valence-corrected chi connectivity index (χ2v) is 8.31. The van der Waals surface area contributed by atoms with Gasteiger partial charge in [-0.2, -0.15) is 0 Å². The lowest BCUT2D eigenvalue weighted by molar-refractivity contribution is -0.121. The van der Waals surface area contributed by atoms with Gasteiger partial charge in [-0.1, -0.05) is 63.8 Å². The summed E-state index contributed by atoms with van der Waals surface area (Å²) in [4.78, 5) is 25.9. The number of carbonyl (C=O) groups is 2.